The third-order valence-corrected chi connectivity index (χ3v) is 5.85. The molecule has 0 saturated carbocycles. The molecule has 2 fully saturated rings. The molecule has 0 aliphatic carbocycles. The number of rotatable bonds is 5. The molecule has 2 aromatic rings. The Balaban J connectivity index is 1.42. The molecule has 0 spiro atoms. The molecule has 6 nitrogen and oxygen atoms in total. The van der Waals surface area contributed by atoms with E-state index in [1.807, 2.05) is 18.2 Å². The average Bonchev–Trinajstić information content (AvgIpc) is 3.36. The zero-order valence-corrected chi connectivity index (χ0v) is 15.2. The second-order valence-corrected chi connectivity index (χ2v) is 7.50. The molecule has 0 radical (unpaired) electrons. The smallest absolute Gasteiger partial charge is 0.343 e. The lowest BCUT2D eigenvalue weighted by Gasteiger charge is -2.34. The minimum absolute atomic E-state index is 0.0650. The Morgan fingerprint density at radius 3 is 2.93 bits per heavy atom. The lowest BCUT2D eigenvalue weighted by Crippen LogP contribution is -2.36. The van der Waals surface area contributed by atoms with Gasteiger partial charge in [-0.2, -0.15) is 0 Å². The van der Waals surface area contributed by atoms with E-state index in [9.17, 15) is 4.79 Å². The molecular formula is C21H24O6. The van der Waals surface area contributed by atoms with E-state index < -0.39 is 0 Å². The van der Waals surface area contributed by atoms with Crippen LogP contribution < -0.4 is 10.4 Å². The molecule has 5 rings (SSSR count). The summed E-state index contributed by atoms with van der Waals surface area (Å²) in [6, 6.07) is 7.52. The van der Waals surface area contributed by atoms with Crippen LogP contribution in [0.5, 0.6) is 5.75 Å². The Labute approximate surface area is 157 Å². The minimum Gasteiger partial charge on any atom is -0.463 e. The van der Waals surface area contributed by atoms with Crippen LogP contribution in [0.25, 0.3) is 11.0 Å². The van der Waals surface area contributed by atoms with Crippen molar-refractivity contribution < 1.29 is 23.4 Å². The normalized spacial score (nSPS) is 29.5. The Bertz CT molecular complexity index is 869. The van der Waals surface area contributed by atoms with Gasteiger partial charge in [-0.05, 0) is 37.8 Å². The summed E-state index contributed by atoms with van der Waals surface area (Å²) in [6.45, 7) is 2.08. The zero-order chi connectivity index (χ0) is 18.2. The van der Waals surface area contributed by atoms with Gasteiger partial charge in [0.2, 0.25) is 6.29 Å². The first-order chi connectivity index (χ1) is 13.3. The van der Waals surface area contributed by atoms with E-state index in [-0.39, 0.29) is 30.0 Å². The van der Waals surface area contributed by atoms with Gasteiger partial charge in [-0.3, -0.25) is 0 Å². The van der Waals surface area contributed by atoms with E-state index in [4.69, 9.17) is 23.4 Å². The van der Waals surface area contributed by atoms with Crippen molar-refractivity contribution in [3.8, 4) is 5.75 Å². The molecule has 0 bridgehead atoms. The Morgan fingerprint density at radius 2 is 2.04 bits per heavy atom. The monoisotopic (exact) mass is 372 g/mol. The highest BCUT2D eigenvalue weighted by atomic mass is 16.7. The maximum Gasteiger partial charge on any atom is 0.343 e. The fourth-order valence-corrected chi connectivity index (χ4v) is 4.56. The summed E-state index contributed by atoms with van der Waals surface area (Å²) in [6.07, 6.45) is 4.28. The van der Waals surface area contributed by atoms with Crippen molar-refractivity contribution in [1.29, 1.82) is 0 Å². The summed E-state index contributed by atoms with van der Waals surface area (Å²) < 4.78 is 28.9. The van der Waals surface area contributed by atoms with E-state index >= 15 is 0 Å². The van der Waals surface area contributed by atoms with Crippen molar-refractivity contribution in [1.82, 2.24) is 0 Å². The molecular weight excluding hydrogens is 348 g/mol. The number of hydrogen-bond donors (Lipinski definition) is 0. The molecule has 4 heterocycles. The van der Waals surface area contributed by atoms with Gasteiger partial charge in [-0.25, -0.2) is 4.79 Å². The van der Waals surface area contributed by atoms with Gasteiger partial charge in [0.1, 0.15) is 11.3 Å². The van der Waals surface area contributed by atoms with Crippen LogP contribution in [0.2, 0.25) is 0 Å². The first-order valence-corrected chi connectivity index (χ1v) is 9.88. The van der Waals surface area contributed by atoms with Gasteiger partial charge in [0.25, 0.3) is 0 Å². The van der Waals surface area contributed by atoms with Crippen molar-refractivity contribution in [2.45, 2.75) is 50.6 Å². The van der Waals surface area contributed by atoms with E-state index in [1.165, 1.54) is 0 Å². The van der Waals surface area contributed by atoms with Crippen molar-refractivity contribution in [2.75, 3.05) is 19.8 Å². The van der Waals surface area contributed by atoms with E-state index in [2.05, 4.69) is 0 Å². The summed E-state index contributed by atoms with van der Waals surface area (Å²) in [7, 11) is 0. The second-order valence-electron chi connectivity index (χ2n) is 7.50. The molecule has 27 heavy (non-hydrogen) atoms. The topological polar surface area (TPSA) is 67.1 Å². The average molecular weight is 372 g/mol. The van der Waals surface area contributed by atoms with Gasteiger partial charge in [-0.1, -0.05) is 12.1 Å². The second kappa shape index (κ2) is 7.26. The van der Waals surface area contributed by atoms with Gasteiger partial charge < -0.3 is 23.4 Å². The fraction of sp³-hybridized carbons (Fsp3) is 0.571. The third kappa shape index (κ3) is 3.16. The molecule has 6 heteroatoms. The van der Waals surface area contributed by atoms with Gasteiger partial charge in [-0.15, -0.1) is 0 Å². The predicted molar refractivity (Wildman–Crippen MR) is 97.9 cm³/mol. The van der Waals surface area contributed by atoms with Crippen molar-refractivity contribution in [3.05, 3.63) is 40.2 Å². The molecule has 2 saturated heterocycles. The molecule has 1 aromatic carbocycles. The third-order valence-electron chi connectivity index (χ3n) is 5.85. The summed E-state index contributed by atoms with van der Waals surface area (Å²) in [5.41, 5.74) is 0.926. The highest BCUT2D eigenvalue weighted by molar-refractivity contribution is 5.84. The fourth-order valence-electron chi connectivity index (χ4n) is 4.56. The maximum absolute atomic E-state index is 12.8. The predicted octanol–water partition coefficient (Wildman–Crippen LogP) is 3.56. The van der Waals surface area contributed by atoms with E-state index in [1.54, 1.807) is 6.07 Å². The lowest BCUT2D eigenvalue weighted by atomic mass is 9.79. The van der Waals surface area contributed by atoms with Gasteiger partial charge in [0, 0.05) is 31.5 Å². The largest absolute Gasteiger partial charge is 0.463 e. The molecule has 4 atom stereocenters. The van der Waals surface area contributed by atoms with Gasteiger partial charge in [0.05, 0.1) is 17.6 Å². The molecule has 0 N–H and O–H groups in total. The van der Waals surface area contributed by atoms with E-state index in [0.29, 0.717) is 30.1 Å². The van der Waals surface area contributed by atoms with Crippen LogP contribution >= 0.6 is 0 Å². The number of para-hydroxylation sites is 1. The molecule has 3 aliphatic heterocycles. The molecule has 3 aliphatic rings. The number of benzene rings is 1. The van der Waals surface area contributed by atoms with Crippen LogP contribution in [0.4, 0.5) is 0 Å². The van der Waals surface area contributed by atoms with Crippen LogP contribution in [0.15, 0.2) is 33.5 Å². The highest BCUT2D eigenvalue weighted by Gasteiger charge is 2.44. The first kappa shape index (κ1) is 17.2. The van der Waals surface area contributed by atoms with Gasteiger partial charge >= 0.3 is 5.63 Å². The molecule has 144 valence electrons. The number of hydrogen-bond acceptors (Lipinski definition) is 6. The van der Waals surface area contributed by atoms with Gasteiger partial charge in [0.15, 0.2) is 6.29 Å². The molecule has 0 amide bonds. The summed E-state index contributed by atoms with van der Waals surface area (Å²) in [5.74, 6) is 0.884. The quantitative estimate of drug-likeness (QED) is 0.590. The summed E-state index contributed by atoms with van der Waals surface area (Å²) in [5, 5.41) is 0.835. The summed E-state index contributed by atoms with van der Waals surface area (Å²) >= 11 is 0. The molecule has 1 aromatic heterocycles. The van der Waals surface area contributed by atoms with Crippen LogP contribution in [0.1, 0.15) is 43.6 Å². The summed E-state index contributed by atoms with van der Waals surface area (Å²) in [4.78, 5) is 12.8. The number of fused-ring (bicyclic) bond motifs is 4. The van der Waals surface area contributed by atoms with Crippen molar-refractivity contribution in [3.63, 3.8) is 0 Å². The SMILES string of the molecule is O=c1oc2ccccc2c2c1[C@H](CCCOC1CCCO1)C1CCO[C@H]1O2. The van der Waals surface area contributed by atoms with Crippen LogP contribution in [-0.2, 0) is 14.2 Å². The lowest BCUT2D eigenvalue weighted by molar-refractivity contribution is -0.113. The maximum atomic E-state index is 12.8. The van der Waals surface area contributed by atoms with Crippen LogP contribution in [-0.4, -0.2) is 32.4 Å². The highest BCUT2D eigenvalue weighted by Crippen LogP contribution is 2.47. The van der Waals surface area contributed by atoms with Crippen LogP contribution in [0, 0.1) is 5.92 Å². The van der Waals surface area contributed by atoms with E-state index in [0.717, 1.165) is 44.1 Å². The van der Waals surface area contributed by atoms with Crippen LogP contribution in [0.3, 0.4) is 0 Å². The Hall–Kier alpha value is -1.89. The minimum atomic E-state index is -0.293. The number of ether oxygens (including phenoxy) is 4. The standard InChI is InChI=1S/C21H24O6/c22-20-18-13(6-3-10-23-17-8-4-11-24-17)14-9-12-25-21(14)27-19(18)15-5-1-2-7-16(15)26-20/h1-2,5,7,13-14,17,21H,3-4,6,8-12H2/t13-,14?,17?,21+/m1/s1. The zero-order valence-electron chi connectivity index (χ0n) is 15.2. The Kier molecular flexibility index (Phi) is 4.63. The Morgan fingerprint density at radius 1 is 1.11 bits per heavy atom. The van der Waals surface area contributed by atoms with Crippen molar-refractivity contribution in [2.24, 2.45) is 5.92 Å². The first-order valence-electron chi connectivity index (χ1n) is 9.88. The molecule has 2 unspecified atom stereocenters. The van der Waals surface area contributed by atoms with Crippen molar-refractivity contribution >= 4 is 11.0 Å².